The van der Waals surface area contributed by atoms with Crippen LogP contribution >= 0.6 is 0 Å². The van der Waals surface area contributed by atoms with Gasteiger partial charge in [-0.3, -0.25) is 4.57 Å². The Kier molecular flexibility index (Phi) is 5.80. The largest absolute Gasteiger partial charge is 0.317 e. The fourth-order valence-electron chi connectivity index (χ4n) is 6.16. The van der Waals surface area contributed by atoms with E-state index in [-0.39, 0.29) is 0 Å². The predicted octanol–water partition coefficient (Wildman–Crippen LogP) is 9.63. The molecule has 7 aromatic rings. The Balaban J connectivity index is 1.31. The third-order valence-electron chi connectivity index (χ3n) is 8.23. The normalized spacial score (nSPS) is 13.3. The minimum absolute atomic E-state index is 0.661. The highest BCUT2D eigenvalue weighted by Crippen LogP contribution is 2.39. The van der Waals surface area contributed by atoms with E-state index >= 15 is 0 Å². The summed E-state index contributed by atoms with van der Waals surface area (Å²) >= 11 is 0. The fourth-order valence-corrected chi connectivity index (χ4v) is 6.16. The minimum atomic E-state index is 0.661. The van der Waals surface area contributed by atoms with Crippen molar-refractivity contribution < 1.29 is 0 Å². The van der Waals surface area contributed by atoms with Crippen LogP contribution in [-0.2, 0) is 0 Å². The van der Waals surface area contributed by atoms with E-state index in [4.69, 9.17) is 9.97 Å². The molecule has 4 heteroatoms. The maximum Gasteiger partial charge on any atom is 0.235 e. The summed E-state index contributed by atoms with van der Waals surface area (Å²) in [4.78, 5) is 12.5. The highest BCUT2D eigenvalue weighted by Gasteiger charge is 2.21. The van der Waals surface area contributed by atoms with Gasteiger partial charge >= 0.3 is 0 Å². The maximum atomic E-state index is 5.21. The molecule has 0 radical (unpaired) electrons. The fraction of sp³-hybridized carbons (Fsp3) is 0.0256. The minimum Gasteiger partial charge on any atom is -0.317 e. The smallest absolute Gasteiger partial charge is 0.235 e. The molecule has 0 amide bonds. The summed E-state index contributed by atoms with van der Waals surface area (Å²) in [6.07, 6.45) is 6.43. The molecule has 0 N–H and O–H groups in total. The van der Waals surface area contributed by atoms with Crippen molar-refractivity contribution in [3.8, 4) is 17.2 Å². The molecule has 1 aliphatic rings. The number of para-hydroxylation sites is 2. The van der Waals surface area contributed by atoms with Crippen LogP contribution in [-0.4, -0.2) is 14.5 Å². The van der Waals surface area contributed by atoms with Gasteiger partial charge in [0, 0.05) is 39.3 Å². The Labute approximate surface area is 250 Å². The Morgan fingerprint density at radius 3 is 2.07 bits per heavy atom. The van der Waals surface area contributed by atoms with Crippen LogP contribution in [0.25, 0.3) is 55.5 Å². The third-order valence-corrected chi connectivity index (χ3v) is 8.23. The first-order valence-corrected chi connectivity index (χ1v) is 14.5. The molecule has 0 aliphatic carbocycles. The first-order valence-electron chi connectivity index (χ1n) is 14.5. The van der Waals surface area contributed by atoms with Crippen LogP contribution in [0, 0.1) is 6.92 Å². The quantitative estimate of drug-likeness (QED) is 0.218. The van der Waals surface area contributed by atoms with Gasteiger partial charge < -0.3 is 4.90 Å². The van der Waals surface area contributed by atoms with E-state index in [1.54, 1.807) is 0 Å². The molecule has 1 aliphatic heterocycles. The highest BCUT2D eigenvalue weighted by molar-refractivity contribution is 6.11. The summed E-state index contributed by atoms with van der Waals surface area (Å²) in [5.74, 6) is 0.661. The molecule has 8 rings (SSSR count). The summed E-state index contributed by atoms with van der Waals surface area (Å²) in [6.45, 7) is 6.58. The molecule has 0 bridgehead atoms. The van der Waals surface area contributed by atoms with Crippen LogP contribution < -0.4 is 4.90 Å². The maximum absolute atomic E-state index is 5.21. The molecule has 3 heterocycles. The molecule has 0 fully saturated rings. The zero-order valence-corrected chi connectivity index (χ0v) is 23.8. The summed E-state index contributed by atoms with van der Waals surface area (Å²) in [7, 11) is 0. The van der Waals surface area contributed by atoms with E-state index in [1.807, 2.05) is 24.3 Å². The van der Waals surface area contributed by atoms with Crippen molar-refractivity contribution in [2.24, 2.45) is 0 Å². The second kappa shape index (κ2) is 9.97. The van der Waals surface area contributed by atoms with Gasteiger partial charge in [0.1, 0.15) is 0 Å². The van der Waals surface area contributed by atoms with Gasteiger partial charge in [-0.25, -0.2) is 9.97 Å². The van der Waals surface area contributed by atoms with Gasteiger partial charge in [0.05, 0.1) is 22.2 Å². The molecule has 5 aromatic carbocycles. The number of benzene rings is 5. The molecular formula is C39H28N4. The van der Waals surface area contributed by atoms with Crippen molar-refractivity contribution in [2.75, 3.05) is 4.90 Å². The van der Waals surface area contributed by atoms with Gasteiger partial charge in [0.2, 0.25) is 5.95 Å². The number of allylic oxidation sites excluding steroid dienone is 3. The summed E-state index contributed by atoms with van der Waals surface area (Å²) in [6, 6.07) is 42.1. The van der Waals surface area contributed by atoms with Crippen LogP contribution in [0.1, 0.15) is 11.1 Å². The van der Waals surface area contributed by atoms with Crippen molar-refractivity contribution in [3.63, 3.8) is 0 Å². The predicted molar refractivity (Wildman–Crippen MR) is 179 cm³/mol. The lowest BCUT2D eigenvalue weighted by Gasteiger charge is -2.27. The van der Waals surface area contributed by atoms with E-state index in [1.165, 1.54) is 5.56 Å². The van der Waals surface area contributed by atoms with Gasteiger partial charge in [-0.1, -0.05) is 104 Å². The van der Waals surface area contributed by atoms with E-state index in [9.17, 15) is 0 Å². The van der Waals surface area contributed by atoms with Crippen LogP contribution in [0.5, 0.6) is 0 Å². The molecule has 2 aromatic heterocycles. The van der Waals surface area contributed by atoms with Crippen LogP contribution in [0.2, 0.25) is 0 Å². The van der Waals surface area contributed by atoms with E-state index in [0.29, 0.717) is 5.95 Å². The first kappa shape index (κ1) is 25.0. The standard InChI is InChI=1S/C39H28N4/c1-26-23-37-33(25-36(26)42-22-21-30(24-27(42)2)28-13-5-3-6-14-28)31-17-10-12-20-35(31)43(37)39-40-34-19-11-9-18-32(34)38(41-39)29-15-7-4-8-16-29/h3-25H,2H2,1H3. The van der Waals surface area contributed by atoms with Crippen molar-refractivity contribution in [1.29, 1.82) is 0 Å². The van der Waals surface area contributed by atoms with E-state index in [2.05, 4.69) is 138 Å². The van der Waals surface area contributed by atoms with E-state index < -0.39 is 0 Å². The average molecular weight is 553 g/mol. The monoisotopic (exact) mass is 552 g/mol. The first-order chi connectivity index (χ1) is 21.2. The Bertz CT molecular complexity index is 2260. The third kappa shape index (κ3) is 4.15. The number of hydrogen-bond donors (Lipinski definition) is 0. The number of nitrogens with zero attached hydrogens (tertiary/aromatic N) is 4. The SMILES string of the molecule is C=C1C=C(c2ccccc2)C=CN1c1cc2c3ccccc3n(-c3nc(-c4ccccc4)c4ccccc4n3)c2cc1C. The van der Waals surface area contributed by atoms with E-state index in [0.717, 1.165) is 66.5 Å². The van der Waals surface area contributed by atoms with Crippen LogP contribution in [0.4, 0.5) is 5.69 Å². The van der Waals surface area contributed by atoms with Crippen molar-refractivity contribution in [2.45, 2.75) is 6.92 Å². The molecule has 204 valence electrons. The van der Waals surface area contributed by atoms with Crippen molar-refractivity contribution >= 4 is 44.0 Å². The van der Waals surface area contributed by atoms with Crippen molar-refractivity contribution in [3.05, 3.63) is 163 Å². The molecule has 0 spiro atoms. The summed E-state index contributed by atoms with van der Waals surface area (Å²) in [5.41, 5.74) is 10.6. The zero-order valence-electron chi connectivity index (χ0n) is 23.8. The number of aromatic nitrogens is 3. The van der Waals surface area contributed by atoms with Crippen LogP contribution in [0.3, 0.4) is 0 Å². The summed E-state index contributed by atoms with van der Waals surface area (Å²) in [5, 5.41) is 3.34. The Morgan fingerprint density at radius 1 is 0.628 bits per heavy atom. The van der Waals surface area contributed by atoms with Gasteiger partial charge in [-0.15, -0.1) is 0 Å². The Morgan fingerprint density at radius 2 is 1.30 bits per heavy atom. The van der Waals surface area contributed by atoms with Gasteiger partial charge in [-0.05, 0) is 60.0 Å². The molecule has 4 nitrogen and oxygen atoms in total. The van der Waals surface area contributed by atoms with Gasteiger partial charge in [0.15, 0.2) is 0 Å². The molecule has 0 unspecified atom stereocenters. The lowest BCUT2D eigenvalue weighted by atomic mass is 10.0. The second-order valence-electron chi connectivity index (χ2n) is 10.9. The lowest BCUT2D eigenvalue weighted by molar-refractivity contribution is 1.01. The Hall–Kier alpha value is -5.74. The van der Waals surface area contributed by atoms with Gasteiger partial charge in [-0.2, -0.15) is 0 Å². The zero-order chi connectivity index (χ0) is 28.9. The summed E-state index contributed by atoms with van der Waals surface area (Å²) < 4.78 is 2.20. The number of rotatable bonds is 4. The molecule has 0 atom stereocenters. The topological polar surface area (TPSA) is 34.0 Å². The molecule has 0 saturated carbocycles. The number of aryl methyl sites for hydroxylation is 1. The van der Waals surface area contributed by atoms with Gasteiger partial charge in [0.25, 0.3) is 0 Å². The number of anilines is 1. The number of hydrogen-bond acceptors (Lipinski definition) is 3. The molecular weight excluding hydrogens is 524 g/mol. The second-order valence-corrected chi connectivity index (χ2v) is 10.9. The molecule has 43 heavy (non-hydrogen) atoms. The average Bonchev–Trinajstić information content (AvgIpc) is 3.37. The van der Waals surface area contributed by atoms with Crippen LogP contribution in [0.15, 0.2) is 152 Å². The van der Waals surface area contributed by atoms with Crippen molar-refractivity contribution in [1.82, 2.24) is 14.5 Å². The number of fused-ring (bicyclic) bond motifs is 4. The highest BCUT2D eigenvalue weighted by atomic mass is 15.2. The lowest BCUT2D eigenvalue weighted by Crippen LogP contribution is -2.17. The molecule has 0 saturated heterocycles.